The maximum absolute atomic E-state index is 10.9. The van der Waals surface area contributed by atoms with Crippen LogP contribution in [0, 0.1) is 6.92 Å². The average molecular weight is 236 g/mol. The van der Waals surface area contributed by atoms with E-state index in [1.54, 1.807) is 0 Å². The summed E-state index contributed by atoms with van der Waals surface area (Å²) < 4.78 is 2.11. The molecule has 1 aromatic heterocycles. The van der Waals surface area contributed by atoms with Crippen LogP contribution in [0.5, 0.6) is 0 Å². The molecule has 0 aromatic carbocycles. The van der Waals surface area contributed by atoms with Gasteiger partial charge in [0.1, 0.15) is 0 Å². The van der Waals surface area contributed by atoms with Crippen LogP contribution in [0.25, 0.3) is 0 Å². The van der Waals surface area contributed by atoms with Crippen molar-refractivity contribution in [3.63, 3.8) is 0 Å². The number of aliphatic carboxylic acids is 1. The van der Waals surface area contributed by atoms with Gasteiger partial charge in [-0.15, -0.1) is 0 Å². The molecule has 0 radical (unpaired) electrons. The number of hydrogen-bond acceptors (Lipinski definition) is 2. The molecule has 0 unspecified atom stereocenters. The van der Waals surface area contributed by atoms with Gasteiger partial charge in [0.25, 0.3) is 0 Å². The normalized spacial score (nSPS) is 17.9. The fourth-order valence-corrected chi connectivity index (χ4v) is 2.69. The van der Waals surface area contributed by atoms with Crippen LogP contribution < -0.4 is 0 Å². The van der Waals surface area contributed by atoms with E-state index in [2.05, 4.69) is 9.55 Å². The fraction of sp³-hybridized carbons (Fsp3) is 0.692. The molecule has 1 aliphatic rings. The smallest absolute Gasteiger partial charge is 0.309 e. The highest BCUT2D eigenvalue weighted by atomic mass is 16.4. The zero-order valence-electron chi connectivity index (χ0n) is 10.4. The van der Waals surface area contributed by atoms with Gasteiger partial charge >= 0.3 is 5.97 Å². The summed E-state index contributed by atoms with van der Waals surface area (Å²) >= 11 is 0. The third-order valence-electron chi connectivity index (χ3n) is 3.64. The fourth-order valence-electron chi connectivity index (χ4n) is 2.69. The Morgan fingerprint density at radius 2 is 2.06 bits per heavy atom. The van der Waals surface area contributed by atoms with Gasteiger partial charge in [-0.1, -0.05) is 25.7 Å². The van der Waals surface area contributed by atoms with E-state index in [1.807, 2.05) is 13.3 Å². The van der Waals surface area contributed by atoms with Crippen molar-refractivity contribution < 1.29 is 9.90 Å². The molecule has 0 atom stereocenters. The monoisotopic (exact) mass is 236 g/mol. The van der Waals surface area contributed by atoms with Crippen molar-refractivity contribution in [3.05, 3.63) is 17.7 Å². The highest BCUT2D eigenvalue weighted by Crippen LogP contribution is 2.29. The second-order valence-corrected chi connectivity index (χ2v) is 4.90. The highest BCUT2D eigenvalue weighted by molar-refractivity contribution is 5.69. The van der Waals surface area contributed by atoms with E-state index >= 15 is 0 Å². The van der Waals surface area contributed by atoms with Crippen molar-refractivity contribution in [3.8, 4) is 0 Å². The summed E-state index contributed by atoms with van der Waals surface area (Å²) in [4.78, 5) is 15.2. The molecule has 0 spiro atoms. The summed E-state index contributed by atoms with van der Waals surface area (Å²) in [5, 5.41) is 8.95. The van der Waals surface area contributed by atoms with E-state index < -0.39 is 5.97 Å². The number of carboxylic acid groups (broad SMARTS) is 1. The Bertz CT molecular complexity index is 390. The quantitative estimate of drug-likeness (QED) is 0.821. The summed E-state index contributed by atoms with van der Waals surface area (Å²) in [6, 6.07) is 0.452. The van der Waals surface area contributed by atoms with Gasteiger partial charge in [-0.05, 0) is 19.8 Å². The Hall–Kier alpha value is -1.32. The zero-order chi connectivity index (χ0) is 12.3. The van der Waals surface area contributed by atoms with Crippen LogP contribution in [0.15, 0.2) is 6.33 Å². The van der Waals surface area contributed by atoms with Crippen LogP contribution in [0.1, 0.15) is 56.0 Å². The predicted octanol–water partition coefficient (Wildman–Crippen LogP) is 2.71. The zero-order valence-corrected chi connectivity index (χ0v) is 10.4. The van der Waals surface area contributed by atoms with Crippen molar-refractivity contribution in [1.82, 2.24) is 9.55 Å². The first kappa shape index (κ1) is 12.1. The molecule has 2 rings (SSSR count). The highest BCUT2D eigenvalue weighted by Gasteiger charge is 2.19. The lowest BCUT2D eigenvalue weighted by Gasteiger charge is -2.18. The van der Waals surface area contributed by atoms with Crippen molar-refractivity contribution >= 4 is 5.97 Å². The molecule has 17 heavy (non-hydrogen) atoms. The molecule has 1 aliphatic carbocycles. The van der Waals surface area contributed by atoms with Gasteiger partial charge in [0, 0.05) is 6.04 Å². The Labute approximate surface area is 102 Å². The van der Waals surface area contributed by atoms with Crippen LogP contribution in [0.3, 0.4) is 0 Å². The van der Waals surface area contributed by atoms with Gasteiger partial charge in [-0.25, -0.2) is 4.98 Å². The number of hydrogen-bond donors (Lipinski definition) is 1. The molecular formula is C13H20N2O2. The topological polar surface area (TPSA) is 55.1 Å². The standard InChI is InChI=1S/C13H20N2O2/c1-10-12(8-13(16)17)15(9-14-10)11-6-4-2-3-5-7-11/h9,11H,2-8H2,1H3,(H,16,17). The third-order valence-corrected chi connectivity index (χ3v) is 3.64. The first-order chi connectivity index (χ1) is 8.18. The number of aromatic nitrogens is 2. The van der Waals surface area contributed by atoms with E-state index in [0.717, 1.165) is 24.2 Å². The Morgan fingerprint density at radius 1 is 1.41 bits per heavy atom. The number of imidazole rings is 1. The lowest BCUT2D eigenvalue weighted by Crippen LogP contribution is -2.14. The van der Waals surface area contributed by atoms with Crippen LogP contribution in [0.4, 0.5) is 0 Å². The Morgan fingerprint density at radius 3 is 2.65 bits per heavy atom. The Kier molecular flexibility index (Phi) is 3.82. The molecular weight excluding hydrogens is 216 g/mol. The second kappa shape index (κ2) is 5.34. The van der Waals surface area contributed by atoms with Crippen molar-refractivity contribution in [2.75, 3.05) is 0 Å². The molecule has 1 heterocycles. The molecule has 4 heteroatoms. The van der Waals surface area contributed by atoms with Gasteiger partial charge in [0.15, 0.2) is 0 Å². The van der Waals surface area contributed by atoms with E-state index in [1.165, 1.54) is 25.7 Å². The first-order valence-electron chi connectivity index (χ1n) is 6.42. The maximum atomic E-state index is 10.9. The third kappa shape index (κ3) is 2.87. The molecule has 1 aromatic rings. The van der Waals surface area contributed by atoms with Crippen molar-refractivity contribution in [2.24, 2.45) is 0 Å². The predicted molar refractivity (Wildman–Crippen MR) is 65.0 cm³/mol. The van der Waals surface area contributed by atoms with Crippen LogP contribution >= 0.6 is 0 Å². The second-order valence-electron chi connectivity index (χ2n) is 4.90. The minimum Gasteiger partial charge on any atom is -0.481 e. The molecule has 0 saturated heterocycles. The summed E-state index contributed by atoms with van der Waals surface area (Å²) in [6.45, 7) is 1.89. The first-order valence-corrected chi connectivity index (χ1v) is 6.42. The molecule has 0 amide bonds. The van der Waals surface area contributed by atoms with E-state index in [0.29, 0.717) is 6.04 Å². The minimum absolute atomic E-state index is 0.0856. The van der Waals surface area contributed by atoms with Crippen LogP contribution in [-0.4, -0.2) is 20.6 Å². The molecule has 94 valence electrons. The molecule has 1 fully saturated rings. The van der Waals surface area contributed by atoms with Crippen molar-refractivity contribution in [1.29, 1.82) is 0 Å². The lowest BCUT2D eigenvalue weighted by atomic mass is 10.1. The summed E-state index contributed by atoms with van der Waals surface area (Å²) in [5.41, 5.74) is 1.74. The summed E-state index contributed by atoms with van der Waals surface area (Å²) in [7, 11) is 0. The van der Waals surface area contributed by atoms with Gasteiger partial charge < -0.3 is 9.67 Å². The molecule has 1 N–H and O–H groups in total. The summed E-state index contributed by atoms with van der Waals surface area (Å²) in [5.74, 6) is -0.775. The van der Waals surface area contributed by atoms with Gasteiger partial charge in [-0.2, -0.15) is 0 Å². The van der Waals surface area contributed by atoms with Gasteiger partial charge in [0.05, 0.1) is 24.1 Å². The van der Waals surface area contributed by atoms with Gasteiger partial charge in [0.2, 0.25) is 0 Å². The van der Waals surface area contributed by atoms with Gasteiger partial charge in [-0.3, -0.25) is 4.79 Å². The van der Waals surface area contributed by atoms with Crippen molar-refractivity contribution in [2.45, 2.75) is 57.9 Å². The summed E-state index contributed by atoms with van der Waals surface area (Å²) in [6.07, 6.45) is 9.32. The van der Waals surface area contributed by atoms with E-state index in [-0.39, 0.29) is 6.42 Å². The van der Waals surface area contributed by atoms with Crippen LogP contribution in [0.2, 0.25) is 0 Å². The molecule has 0 bridgehead atoms. The molecule has 4 nitrogen and oxygen atoms in total. The number of carbonyl (C=O) groups is 1. The number of rotatable bonds is 3. The molecule has 0 aliphatic heterocycles. The van der Waals surface area contributed by atoms with E-state index in [9.17, 15) is 4.79 Å². The van der Waals surface area contributed by atoms with Crippen LogP contribution in [-0.2, 0) is 11.2 Å². The number of carboxylic acids is 1. The largest absolute Gasteiger partial charge is 0.481 e. The average Bonchev–Trinajstić information content (AvgIpc) is 2.55. The molecule has 1 saturated carbocycles. The maximum Gasteiger partial charge on any atom is 0.309 e. The number of aryl methyl sites for hydroxylation is 1. The SMILES string of the molecule is Cc1ncn(C2CCCCCC2)c1CC(=O)O. The Balaban J connectivity index is 2.21. The van der Waals surface area contributed by atoms with E-state index in [4.69, 9.17) is 5.11 Å². The lowest BCUT2D eigenvalue weighted by molar-refractivity contribution is -0.136. The number of nitrogens with zero attached hydrogens (tertiary/aromatic N) is 2. The minimum atomic E-state index is -0.775.